The first kappa shape index (κ1) is 18.7. The maximum absolute atomic E-state index is 13.9. The van der Waals surface area contributed by atoms with Gasteiger partial charge in [0, 0.05) is 23.8 Å². The van der Waals surface area contributed by atoms with Crippen LogP contribution >= 0.6 is 0 Å². The fourth-order valence-corrected chi connectivity index (χ4v) is 2.71. The summed E-state index contributed by atoms with van der Waals surface area (Å²) in [5, 5.41) is 4.39. The van der Waals surface area contributed by atoms with Gasteiger partial charge in [-0.1, -0.05) is 18.2 Å². The van der Waals surface area contributed by atoms with Gasteiger partial charge in [-0.05, 0) is 48.4 Å². The molecule has 0 bridgehead atoms. The van der Waals surface area contributed by atoms with E-state index in [0.717, 1.165) is 16.5 Å². The number of esters is 1. The number of fused-ring (bicyclic) bond motifs is 1. The first-order valence-electron chi connectivity index (χ1n) is 8.54. The third-order valence-electron chi connectivity index (χ3n) is 4.25. The second kappa shape index (κ2) is 8.51. The number of benzene rings is 2. The average Bonchev–Trinajstić information content (AvgIpc) is 2.70. The van der Waals surface area contributed by atoms with Gasteiger partial charge in [0.25, 0.3) is 0 Å². The molecule has 27 heavy (non-hydrogen) atoms. The monoisotopic (exact) mass is 365 g/mol. The molecule has 0 fully saturated rings. The fourth-order valence-electron chi connectivity index (χ4n) is 2.71. The van der Waals surface area contributed by atoms with Crippen LogP contribution in [0.15, 0.2) is 59.7 Å². The lowest BCUT2D eigenvalue weighted by molar-refractivity contribution is 0.0595. The van der Waals surface area contributed by atoms with Gasteiger partial charge >= 0.3 is 5.97 Å². The van der Waals surface area contributed by atoms with Crippen molar-refractivity contribution in [3.8, 4) is 0 Å². The number of nitrogens with one attached hydrogen (secondary N) is 1. The number of aliphatic imine (C=N–C) groups is 1. The van der Waals surface area contributed by atoms with Gasteiger partial charge in [0.15, 0.2) is 0 Å². The number of methoxy groups -OCH3 is 1. The maximum Gasteiger partial charge on any atom is 0.340 e. The molecule has 0 amide bonds. The first-order valence-corrected chi connectivity index (χ1v) is 8.54. The van der Waals surface area contributed by atoms with Crippen LogP contribution in [0, 0.1) is 5.82 Å². The first-order chi connectivity index (χ1) is 13.1. The molecule has 1 unspecified atom stereocenters. The number of ether oxygens (including phenoxy) is 1. The Balaban J connectivity index is 1.59. The number of aromatic nitrogens is 1. The summed E-state index contributed by atoms with van der Waals surface area (Å²) in [6.45, 7) is 2.44. The molecule has 0 saturated carbocycles. The summed E-state index contributed by atoms with van der Waals surface area (Å²) in [5.41, 5.74) is 2.58. The minimum atomic E-state index is -0.697. The second-order valence-corrected chi connectivity index (χ2v) is 6.08. The van der Waals surface area contributed by atoms with Gasteiger partial charge in [-0.3, -0.25) is 15.3 Å². The molecule has 1 atom stereocenters. The van der Waals surface area contributed by atoms with E-state index in [9.17, 15) is 9.18 Å². The summed E-state index contributed by atoms with van der Waals surface area (Å²) in [4.78, 5) is 20.0. The van der Waals surface area contributed by atoms with E-state index in [4.69, 9.17) is 0 Å². The van der Waals surface area contributed by atoms with Crippen LogP contribution in [0.25, 0.3) is 10.9 Å². The van der Waals surface area contributed by atoms with Gasteiger partial charge in [-0.25, -0.2) is 9.18 Å². The second-order valence-electron chi connectivity index (χ2n) is 6.08. The number of carbonyl (C=O) groups excluding carboxylic acids is 1. The highest BCUT2D eigenvalue weighted by Crippen LogP contribution is 2.18. The smallest absolute Gasteiger partial charge is 0.340 e. The molecule has 1 heterocycles. The minimum Gasteiger partial charge on any atom is -0.465 e. The molecule has 5 nitrogen and oxygen atoms in total. The van der Waals surface area contributed by atoms with Gasteiger partial charge in [0.1, 0.15) is 5.82 Å². The lowest BCUT2D eigenvalue weighted by Gasteiger charge is -2.13. The Kier molecular flexibility index (Phi) is 5.88. The largest absolute Gasteiger partial charge is 0.465 e. The third-order valence-corrected chi connectivity index (χ3v) is 4.25. The van der Waals surface area contributed by atoms with E-state index < -0.39 is 11.8 Å². The molecule has 0 aliphatic carbocycles. The van der Waals surface area contributed by atoms with Crippen LogP contribution in [-0.4, -0.2) is 30.9 Å². The molecule has 0 spiro atoms. The van der Waals surface area contributed by atoms with E-state index >= 15 is 0 Å². The molecule has 3 aromatic rings. The van der Waals surface area contributed by atoms with E-state index in [1.807, 2.05) is 24.3 Å². The summed E-state index contributed by atoms with van der Waals surface area (Å²) < 4.78 is 18.4. The molecule has 0 saturated heterocycles. The van der Waals surface area contributed by atoms with E-state index in [0.29, 0.717) is 12.2 Å². The Bertz CT molecular complexity index is 988. The molecule has 0 radical (unpaired) electrons. The highest BCUT2D eigenvalue weighted by Gasteiger charge is 2.11. The highest BCUT2D eigenvalue weighted by atomic mass is 19.1. The normalized spacial score (nSPS) is 12.4. The van der Waals surface area contributed by atoms with Crippen LogP contribution in [0.1, 0.15) is 34.5 Å². The maximum atomic E-state index is 13.9. The van der Waals surface area contributed by atoms with Crippen molar-refractivity contribution in [2.24, 2.45) is 4.99 Å². The molecule has 1 N–H and O–H groups in total. The molecule has 2 aromatic carbocycles. The van der Waals surface area contributed by atoms with Crippen molar-refractivity contribution < 1.29 is 13.9 Å². The van der Waals surface area contributed by atoms with Gasteiger partial charge in [0.05, 0.1) is 24.9 Å². The average molecular weight is 365 g/mol. The number of hydrogen-bond acceptors (Lipinski definition) is 5. The Morgan fingerprint density at radius 3 is 2.93 bits per heavy atom. The Hall–Kier alpha value is -3.12. The number of halogens is 1. The quantitative estimate of drug-likeness (QED) is 0.532. The van der Waals surface area contributed by atoms with E-state index in [2.05, 4.69) is 33.0 Å². The van der Waals surface area contributed by atoms with E-state index in [-0.39, 0.29) is 11.6 Å². The highest BCUT2D eigenvalue weighted by molar-refractivity contribution is 5.91. The predicted octanol–water partition coefficient (Wildman–Crippen LogP) is 3.89. The topological polar surface area (TPSA) is 63.6 Å². The molecule has 0 aliphatic heterocycles. The van der Waals surface area contributed by atoms with E-state index in [1.165, 1.54) is 19.2 Å². The zero-order valence-corrected chi connectivity index (χ0v) is 15.1. The van der Waals surface area contributed by atoms with E-state index in [1.54, 1.807) is 18.5 Å². The van der Waals surface area contributed by atoms with Gasteiger partial charge in [-0.2, -0.15) is 0 Å². The Morgan fingerprint density at radius 2 is 2.15 bits per heavy atom. The Morgan fingerprint density at radius 1 is 1.30 bits per heavy atom. The number of carbonyl (C=O) groups is 1. The molecule has 3 rings (SSSR count). The minimum absolute atomic E-state index is 0.0906. The molecular weight excluding hydrogens is 345 g/mol. The van der Waals surface area contributed by atoms with Crippen LogP contribution in [0.4, 0.5) is 4.39 Å². The van der Waals surface area contributed by atoms with Crippen molar-refractivity contribution >= 4 is 23.1 Å². The van der Waals surface area contributed by atoms with Crippen molar-refractivity contribution in [2.75, 3.05) is 13.8 Å². The third kappa shape index (κ3) is 4.54. The van der Waals surface area contributed by atoms with Crippen LogP contribution in [0.5, 0.6) is 0 Å². The lowest BCUT2D eigenvalue weighted by atomic mass is 10.1. The van der Waals surface area contributed by atoms with Crippen LogP contribution in [-0.2, 0) is 4.74 Å². The van der Waals surface area contributed by atoms with Crippen molar-refractivity contribution in [2.45, 2.75) is 13.0 Å². The van der Waals surface area contributed by atoms with Crippen LogP contribution in [0.2, 0.25) is 0 Å². The molecule has 6 heteroatoms. The Labute approximate surface area is 156 Å². The number of pyridine rings is 1. The van der Waals surface area contributed by atoms with Crippen LogP contribution in [0.3, 0.4) is 0 Å². The number of hydrogen-bond donors (Lipinski definition) is 1. The summed E-state index contributed by atoms with van der Waals surface area (Å²) in [6.07, 6.45) is 3.34. The summed E-state index contributed by atoms with van der Waals surface area (Å²) in [7, 11) is 1.22. The number of rotatable bonds is 6. The standard InChI is InChI=1S/C21H20FN3O2/c1-14(16-6-8-20-17(11-16)4-3-9-24-20)25-13-23-12-15-5-7-18(19(22)10-15)21(26)27-2/h3-12,14,25H,13H2,1-2H3. The van der Waals surface area contributed by atoms with Crippen molar-refractivity contribution in [1.29, 1.82) is 0 Å². The number of nitrogens with zero attached hydrogens (tertiary/aromatic N) is 2. The molecular formula is C21H20FN3O2. The molecule has 138 valence electrons. The zero-order valence-electron chi connectivity index (χ0n) is 15.1. The van der Waals surface area contributed by atoms with Crippen molar-refractivity contribution in [1.82, 2.24) is 10.3 Å². The summed E-state index contributed by atoms with van der Waals surface area (Å²) in [5.74, 6) is -1.33. The van der Waals surface area contributed by atoms with Gasteiger partial charge in [0.2, 0.25) is 0 Å². The van der Waals surface area contributed by atoms with Crippen LogP contribution < -0.4 is 5.32 Å². The molecule has 0 aliphatic rings. The summed E-state index contributed by atoms with van der Waals surface area (Å²) in [6, 6.07) is 14.5. The SMILES string of the molecule is COC(=O)c1ccc(C=NCNC(C)c2ccc3ncccc3c2)cc1F. The summed E-state index contributed by atoms with van der Waals surface area (Å²) >= 11 is 0. The predicted molar refractivity (Wildman–Crippen MR) is 103 cm³/mol. The zero-order chi connectivity index (χ0) is 19.2. The van der Waals surface area contributed by atoms with Crippen molar-refractivity contribution in [3.05, 3.63) is 77.2 Å². The lowest BCUT2D eigenvalue weighted by Crippen LogP contribution is -2.18. The van der Waals surface area contributed by atoms with Gasteiger partial charge in [-0.15, -0.1) is 0 Å². The van der Waals surface area contributed by atoms with Gasteiger partial charge < -0.3 is 4.74 Å². The van der Waals surface area contributed by atoms with Crippen molar-refractivity contribution in [3.63, 3.8) is 0 Å². The fraction of sp³-hybridized carbons (Fsp3) is 0.190. The molecule has 1 aromatic heterocycles.